The molecule has 0 bridgehead atoms. The van der Waals surface area contributed by atoms with E-state index < -0.39 is 5.60 Å². The average Bonchev–Trinajstić information content (AvgIpc) is 2.52. The molecule has 1 aromatic carbocycles. The largest absolute Gasteiger partial charge is 0.365 e. The van der Waals surface area contributed by atoms with Gasteiger partial charge in [-0.15, -0.1) is 0 Å². The van der Waals surface area contributed by atoms with Gasteiger partial charge in [0.05, 0.1) is 6.61 Å². The van der Waals surface area contributed by atoms with Gasteiger partial charge in [0.15, 0.2) is 5.78 Å². The van der Waals surface area contributed by atoms with Crippen molar-refractivity contribution in [3.63, 3.8) is 0 Å². The molecule has 2 rings (SSSR count). The van der Waals surface area contributed by atoms with Crippen molar-refractivity contribution < 1.29 is 9.53 Å². The fourth-order valence-electron chi connectivity index (χ4n) is 2.06. The fourth-order valence-corrected chi connectivity index (χ4v) is 2.06. The van der Waals surface area contributed by atoms with Crippen molar-refractivity contribution in [2.75, 3.05) is 13.2 Å². The number of carbonyl (C=O) groups is 1. The maximum Gasteiger partial charge on any atom is 0.185 e. The van der Waals surface area contributed by atoms with E-state index in [0.717, 1.165) is 0 Å². The summed E-state index contributed by atoms with van der Waals surface area (Å²) >= 11 is 0. The minimum absolute atomic E-state index is 0.0238. The van der Waals surface area contributed by atoms with Crippen LogP contribution in [-0.2, 0) is 4.74 Å². The lowest BCUT2D eigenvalue weighted by atomic mass is 9.93. The summed E-state index contributed by atoms with van der Waals surface area (Å²) in [4.78, 5) is 12.1. The zero-order valence-electron chi connectivity index (χ0n) is 11.4. The van der Waals surface area contributed by atoms with Gasteiger partial charge in [-0.2, -0.15) is 0 Å². The Labute approximate surface area is 119 Å². The van der Waals surface area contributed by atoms with E-state index in [1.807, 2.05) is 48.6 Å². The number of nitrogens with two attached hydrogens (primary N) is 1. The number of rotatable bonds is 6. The molecule has 2 N–H and O–H groups in total. The molecular weight excluding hydrogens is 250 g/mol. The monoisotopic (exact) mass is 269 g/mol. The van der Waals surface area contributed by atoms with Crippen molar-refractivity contribution in [1.29, 1.82) is 0 Å². The number of ketones is 1. The van der Waals surface area contributed by atoms with Gasteiger partial charge in [0.25, 0.3) is 0 Å². The molecule has 0 saturated carbocycles. The molecule has 0 saturated heterocycles. The third-order valence-corrected chi connectivity index (χ3v) is 3.13. The average molecular weight is 269 g/mol. The molecule has 0 heterocycles. The number of carbonyl (C=O) groups excluding carboxylic acids is 1. The second-order valence-corrected chi connectivity index (χ2v) is 4.65. The number of allylic oxidation sites excluding steroid dienone is 3. The Hall–Kier alpha value is -1.97. The maximum atomic E-state index is 12.1. The second kappa shape index (κ2) is 6.98. The molecule has 3 heteroatoms. The first-order chi connectivity index (χ1) is 9.76. The third-order valence-electron chi connectivity index (χ3n) is 3.13. The number of ether oxygens (including phenoxy) is 1. The predicted molar refractivity (Wildman–Crippen MR) is 80.5 cm³/mol. The smallest absolute Gasteiger partial charge is 0.185 e. The molecule has 20 heavy (non-hydrogen) atoms. The van der Waals surface area contributed by atoms with E-state index in [9.17, 15) is 4.79 Å². The van der Waals surface area contributed by atoms with Crippen LogP contribution in [0.1, 0.15) is 16.8 Å². The van der Waals surface area contributed by atoms with Crippen molar-refractivity contribution in [3.8, 4) is 0 Å². The molecule has 3 nitrogen and oxygen atoms in total. The zero-order chi connectivity index (χ0) is 14.3. The molecular formula is C17H19NO2. The first-order valence-corrected chi connectivity index (χ1v) is 6.73. The lowest BCUT2D eigenvalue weighted by Gasteiger charge is -2.28. The first kappa shape index (κ1) is 14.4. The highest BCUT2D eigenvalue weighted by atomic mass is 16.5. The Morgan fingerprint density at radius 2 is 2.10 bits per heavy atom. The number of benzene rings is 1. The van der Waals surface area contributed by atoms with Crippen LogP contribution in [0.2, 0.25) is 0 Å². The van der Waals surface area contributed by atoms with Gasteiger partial charge in [0, 0.05) is 18.5 Å². The Balaban J connectivity index is 2.11. The zero-order valence-corrected chi connectivity index (χ0v) is 11.4. The summed E-state index contributed by atoms with van der Waals surface area (Å²) in [7, 11) is 0. The summed E-state index contributed by atoms with van der Waals surface area (Å²) in [6.45, 7) is 0.918. The molecule has 1 aliphatic carbocycles. The SMILES string of the molecule is NCCOC1(C=CC(=O)c2ccccc2)C=CC=CC1. The van der Waals surface area contributed by atoms with Gasteiger partial charge >= 0.3 is 0 Å². The topological polar surface area (TPSA) is 52.3 Å². The minimum atomic E-state index is -0.557. The van der Waals surface area contributed by atoms with Crippen LogP contribution in [0.25, 0.3) is 0 Å². The molecule has 1 unspecified atom stereocenters. The standard InChI is InChI=1S/C17H19NO2/c18-13-14-20-17(10-5-2-6-11-17)12-9-16(19)15-7-3-1-4-8-15/h1-10,12H,11,13-14,18H2. The number of hydrogen-bond donors (Lipinski definition) is 1. The number of hydrogen-bond acceptors (Lipinski definition) is 3. The Morgan fingerprint density at radius 1 is 1.30 bits per heavy atom. The Kier molecular flexibility index (Phi) is 5.04. The van der Waals surface area contributed by atoms with Crippen LogP contribution in [0, 0.1) is 0 Å². The molecule has 1 atom stereocenters. The van der Waals surface area contributed by atoms with E-state index in [2.05, 4.69) is 0 Å². The maximum absolute atomic E-state index is 12.1. The second-order valence-electron chi connectivity index (χ2n) is 4.65. The van der Waals surface area contributed by atoms with Crippen molar-refractivity contribution in [3.05, 3.63) is 72.4 Å². The molecule has 0 radical (unpaired) electrons. The van der Waals surface area contributed by atoms with Crippen molar-refractivity contribution in [1.82, 2.24) is 0 Å². The summed E-state index contributed by atoms with van der Waals surface area (Å²) in [5, 5.41) is 0. The summed E-state index contributed by atoms with van der Waals surface area (Å²) in [6.07, 6.45) is 12.0. The van der Waals surface area contributed by atoms with Crippen LogP contribution < -0.4 is 5.73 Å². The summed E-state index contributed by atoms with van der Waals surface area (Å²) in [5.41, 5.74) is 5.61. The van der Waals surface area contributed by atoms with E-state index in [1.54, 1.807) is 18.2 Å². The van der Waals surface area contributed by atoms with Crippen molar-refractivity contribution >= 4 is 5.78 Å². The van der Waals surface area contributed by atoms with E-state index in [4.69, 9.17) is 10.5 Å². The molecule has 1 aliphatic rings. The van der Waals surface area contributed by atoms with E-state index >= 15 is 0 Å². The Bertz CT molecular complexity index is 531. The molecule has 1 aromatic rings. The molecule has 0 fully saturated rings. The van der Waals surface area contributed by atoms with Gasteiger partial charge in [-0.3, -0.25) is 4.79 Å². The summed E-state index contributed by atoms with van der Waals surface area (Å²) in [5.74, 6) is -0.0238. The normalized spacial score (nSPS) is 21.4. The Morgan fingerprint density at radius 3 is 2.75 bits per heavy atom. The summed E-state index contributed by atoms with van der Waals surface area (Å²) < 4.78 is 5.80. The quantitative estimate of drug-likeness (QED) is 0.638. The minimum Gasteiger partial charge on any atom is -0.365 e. The van der Waals surface area contributed by atoms with E-state index in [-0.39, 0.29) is 5.78 Å². The van der Waals surface area contributed by atoms with Crippen LogP contribution in [-0.4, -0.2) is 24.5 Å². The van der Waals surface area contributed by atoms with Crippen LogP contribution >= 0.6 is 0 Å². The van der Waals surface area contributed by atoms with E-state index in [1.165, 1.54) is 0 Å². The van der Waals surface area contributed by atoms with Gasteiger partial charge in [-0.05, 0) is 18.2 Å². The van der Waals surface area contributed by atoms with Gasteiger partial charge < -0.3 is 10.5 Å². The highest BCUT2D eigenvalue weighted by Gasteiger charge is 2.24. The molecule has 0 aromatic heterocycles. The molecule has 0 amide bonds. The van der Waals surface area contributed by atoms with Gasteiger partial charge in [-0.25, -0.2) is 0 Å². The van der Waals surface area contributed by atoms with Crippen LogP contribution in [0.5, 0.6) is 0 Å². The highest BCUT2D eigenvalue weighted by Crippen LogP contribution is 2.24. The van der Waals surface area contributed by atoms with Crippen molar-refractivity contribution in [2.24, 2.45) is 5.73 Å². The highest BCUT2D eigenvalue weighted by molar-refractivity contribution is 6.04. The van der Waals surface area contributed by atoms with Gasteiger partial charge in [0.1, 0.15) is 5.60 Å². The predicted octanol–water partition coefficient (Wildman–Crippen LogP) is 2.66. The lowest BCUT2D eigenvalue weighted by molar-refractivity contribution is 0.0339. The first-order valence-electron chi connectivity index (χ1n) is 6.73. The molecule has 0 spiro atoms. The van der Waals surface area contributed by atoms with Crippen LogP contribution in [0.3, 0.4) is 0 Å². The van der Waals surface area contributed by atoms with Gasteiger partial charge in [0.2, 0.25) is 0 Å². The third kappa shape index (κ3) is 3.76. The van der Waals surface area contributed by atoms with E-state index in [0.29, 0.717) is 25.1 Å². The van der Waals surface area contributed by atoms with Crippen LogP contribution in [0.4, 0.5) is 0 Å². The molecule has 104 valence electrons. The lowest BCUT2D eigenvalue weighted by Crippen LogP contribution is -2.31. The molecule has 0 aliphatic heterocycles. The van der Waals surface area contributed by atoms with Crippen molar-refractivity contribution in [2.45, 2.75) is 12.0 Å². The van der Waals surface area contributed by atoms with Crippen LogP contribution in [0.15, 0.2) is 66.8 Å². The van der Waals surface area contributed by atoms with Gasteiger partial charge in [-0.1, -0.05) is 48.6 Å². The summed E-state index contributed by atoms with van der Waals surface area (Å²) in [6, 6.07) is 9.20. The fraction of sp³-hybridized carbons (Fsp3) is 0.235.